The number of fused-ring (bicyclic) bond motifs is 1. The Bertz CT molecular complexity index is 361. The van der Waals surface area contributed by atoms with Gasteiger partial charge in [0.1, 0.15) is 0 Å². The van der Waals surface area contributed by atoms with Crippen molar-refractivity contribution in [2.24, 2.45) is 5.92 Å². The molecule has 0 radical (unpaired) electrons. The zero-order valence-electron chi connectivity index (χ0n) is 8.74. The highest BCUT2D eigenvalue weighted by molar-refractivity contribution is 5.26. The van der Waals surface area contributed by atoms with Crippen LogP contribution in [0.25, 0.3) is 0 Å². The van der Waals surface area contributed by atoms with Gasteiger partial charge in [0.15, 0.2) is 0 Å². The zero-order chi connectivity index (χ0) is 10.1. The molecule has 3 nitrogen and oxygen atoms in total. The highest BCUT2D eigenvalue weighted by Gasteiger charge is 2.22. The second-order valence-corrected chi connectivity index (χ2v) is 4.31. The van der Waals surface area contributed by atoms with Crippen molar-refractivity contribution in [3.63, 3.8) is 0 Å². The molecule has 3 rings (SSSR count). The van der Waals surface area contributed by atoms with Crippen LogP contribution in [0.15, 0.2) is 12.1 Å². The van der Waals surface area contributed by atoms with Crippen LogP contribution in [0.3, 0.4) is 0 Å². The first-order valence-electron chi connectivity index (χ1n) is 5.61. The van der Waals surface area contributed by atoms with Gasteiger partial charge in [-0.15, -0.1) is 0 Å². The molecule has 0 aromatic carbocycles. The number of nitrogens with zero attached hydrogens (tertiary/aromatic N) is 1. The molecule has 1 aliphatic carbocycles. The summed E-state index contributed by atoms with van der Waals surface area (Å²) >= 11 is 0. The Morgan fingerprint density at radius 3 is 3.20 bits per heavy atom. The van der Waals surface area contributed by atoms with Crippen molar-refractivity contribution in [2.75, 3.05) is 13.2 Å². The Kier molecular flexibility index (Phi) is 2.33. The van der Waals surface area contributed by atoms with E-state index in [-0.39, 0.29) is 0 Å². The second kappa shape index (κ2) is 3.81. The van der Waals surface area contributed by atoms with Crippen LogP contribution in [0.2, 0.25) is 0 Å². The summed E-state index contributed by atoms with van der Waals surface area (Å²) in [4.78, 5) is 4.51. The Morgan fingerprint density at radius 2 is 2.33 bits per heavy atom. The maximum absolute atomic E-state index is 5.64. The van der Waals surface area contributed by atoms with Crippen molar-refractivity contribution >= 4 is 0 Å². The van der Waals surface area contributed by atoms with E-state index >= 15 is 0 Å². The Morgan fingerprint density at radius 1 is 1.40 bits per heavy atom. The van der Waals surface area contributed by atoms with E-state index in [1.54, 1.807) is 0 Å². The molecule has 1 fully saturated rings. The lowest BCUT2D eigenvalue weighted by atomic mass is 10.1. The molecular formula is C12H15NO2. The summed E-state index contributed by atoms with van der Waals surface area (Å²) in [6, 6.07) is 4.03. The standard InChI is InChI=1S/C12H15NO2/c1-2-9(1)7-15-12-4-3-10-8-14-6-5-11(10)13-12/h3-4,9H,1-2,5-8H2. The smallest absolute Gasteiger partial charge is 0.213 e. The van der Waals surface area contributed by atoms with Crippen molar-refractivity contribution in [1.29, 1.82) is 0 Å². The largest absolute Gasteiger partial charge is 0.477 e. The van der Waals surface area contributed by atoms with E-state index in [9.17, 15) is 0 Å². The predicted octanol–water partition coefficient (Wildman–Crippen LogP) is 1.94. The fraction of sp³-hybridized carbons (Fsp3) is 0.583. The average molecular weight is 205 g/mol. The Hall–Kier alpha value is -1.09. The molecule has 0 spiro atoms. The van der Waals surface area contributed by atoms with Gasteiger partial charge in [0.25, 0.3) is 0 Å². The summed E-state index contributed by atoms with van der Waals surface area (Å²) < 4.78 is 11.0. The highest BCUT2D eigenvalue weighted by Crippen LogP contribution is 2.29. The van der Waals surface area contributed by atoms with Crippen LogP contribution in [-0.4, -0.2) is 18.2 Å². The lowest BCUT2D eigenvalue weighted by molar-refractivity contribution is 0.108. The van der Waals surface area contributed by atoms with Gasteiger partial charge >= 0.3 is 0 Å². The third-order valence-electron chi connectivity index (χ3n) is 2.95. The van der Waals surface area contributed by atoms with Gasteiger partial charge in [-0.2, -0.15) is 0 Å². The van der Waals surface area contributed by atoms with Gasteiger partial charge in [0.2, 0.25) is 5.88 Å². The number of hydrogen-bond donors (Lipinski definition) is 0. The number of hydrogen-bond acceptors (Lipinski definition) is 3. The van der Waals surface area contributed by atoms with Crippen molar-refractivity contribution in [1.82, 2.24) is 4.98 Å². The summed E-state index contributed by atoms with van der Waals surface area (Å²) in [6.07, 6.45) is 3.55. The maximum atomic E-state index is 5.64. The van der Waals surface area contributed by atoms with Crippen LogP contribution in [0, 0.1) is 5.92 Å². The quantitative estimate of drug-likeness (QED) is 0.755. The molecule has 0 bridgehead atoms. The Balaban J connectivity index is 1.71. The molecule has 2 heterocycles. The molecule has 1 aromatic heterocycles. The molecule has 80 valence electrons. The predicted molar refractivity (Wildman–Crippen MR) is 55.8 cm³/mol. The van der Waals surface area contributed by atoms with Crippen molar-refractivity contribution in [3.05, 3.63) is 23.4 Å². The molecule has 3 heteroatoms. The second-order valence-electron chi connectivity index (χ2n) is 4.31. The van der Waals surface area contributed by atoms with Crippen LogP contribution < -0.4 is 4.74 Å². The van der Waals surface area contributed by atoms with Gasteiger partial charge in [0.05, 0.1) is 25.5 Å². The van der Waals surface area contributed by atoms with Crippen LogP contribution in [-0.2, 0) is 17.8 Å². The molecule has 1 aliphatic heterocycles. The van der Waals surface area contributed by atoms with Gasteiger partial charge in [-0.05, 0) is 30.4 Å². The molecule has 0 saturated heterocycles. The van der Waals surface area contributed by atoms with Crippen molar-refractivity contribution in [3.8, 4) is 5.88 Å². The van der Waals surface area contributed by atoms with E-state index in [0.29, 0.717) is 6.61 Å². The molecule has 15 heavy (non-hydrogen) atoms. The van der Waals surface area contributed by atoms with E-state index in [1.165, 1.54) is 18.4 Å². The molecule has 2 aliphatic rings. The van der Waals surface area contributed by atoms with Gasteiger partial charge in [0, 0.05) is 12.5 Å². The van der Waals surface area contributed by atoms with E-state index in [0.717, 1.165) is 37.1 Å². The van der Waals surface area contributed by atoms with Crippen LogP contribution >= 0.6 is 0 Å². The van der Waals surface area contributed by atoms with Crippen molar-refractivity contribution < 1.29 is 9.47 Å². The summed E-state index contributed by atoms with van der Waals surface area (Å²) in [5.74, 6) is 1.56. The summed E-state index contributed by atoms with van der Waals surface area (Å²) in [5, 5.41) is 0. The molecule has 0 amide bonds. The zero-order valence-corrected chi connectivity index (χ0v) is 8.74. The molecule has 0 atom stereocenters. The Labute approximate surface area is 89.4 Å². The minimum absolute atomic E-state index is 0.700. The maximum Gasteiger partial charge on any atom is 0.213 e. The molecule has 1 aromatic rings. The monoisotopic (exact) mass is 205 g/mol. The topological polar surface area (TPSA) is 31.4 Å². The van der Waals surface area contributed by atoms with E-state index in [2.05, 4.69) is 11.1 Å². The van der Waals surface area contributed by atoms with Crippen LogP contribution in [0.4, 0.5) is 0 Å². The first kappa shape index (κ1) is 9.16. The average Bonchev–Trinajstić information content (AvgIpc) is 3.10. The highest BCUT2D eigenvalue weighted by atomic mass is 16.5. The van der Waals surface area contributed by atoms with E-state index in [1.807, 2.05) is 6.07 Å². The fourth-order valence-electron chi connectivity index (χ4n) is 1.78. The number of ether oxygens (including phenoxy) is 2. The first-order chi connectivity index (χ1) is 7.42. The first-order valence-corrected chi connectivity index (χ1v) is 5.61. The van der Waals surface area contributed by atoms with Crippen LogP contribution in [0.5, 0.6) is 5.88 Å². The fourth-order valence-corrected chi connectivity index (χ4v) is 1.78. The van der Waals surface area contributed by atoms with Crippen LogP contribution in [0.1, 0.15) is 24.1 Å². The van der Waals surface area contributed by atoms with E-state index < -0.39 is 0 Å². The van der Waals surface area contributed by atoms with Gasteiger partial charge < -0.3 is 9.47 Å². The summed E-state index contributed by atoms with van der Waals surface area (Å²) in [5.41, 5.74) is 2.36. The summed E-state index contributed by atoms with van der Waals surface area (Å²) in [6.45, 7) is 2.32. The molecule has 1 saturated carbocycles. The van der Waals surface area contributed by atoms with E-state index in [4.69, 9.17) is 9.47 Å². The lowest BCUT2D eigenvalue weighted by Gasteiger charge is -2.16. The molecular weight excluding hydrogens is 190 g/mol. The van der Waals surface area contributed by atoms with Crippen molar-refractivity contribution in [2.45, 2.75) is 25.9 Å². The van der Waals surface area contributed by atoms with Gasteiger partial charge in [-0.25, -0.2) is 4.98 Å². The minimum Gasteiger partial charge on any atom is -0.477 e. The number of aromatic nitrogens is 1. The number of pyridine rings is 1. The third-order valence-corrected chi connectivity index (χ3v) is 2.95. The summed E-state index contributed by atoms with van der Waals surface area (Å²) in [7, 11) is 0. The SMILES string of the molecule is c1cc2c(nc1OCC1CC1)CCOC2. The van der Waals surface area contributed by atoms with Gasteiger partial charge in [-0.1, -0.05) is 0 Å². The lowest BCUT2D eigenvalue weighted by Crippen LogP contribution is -2.12. The minimum atomic E-state index is 0.700. The molecule has 0 unspecified atom stereocenters. The number of rotatable bonds is 3. The normalized spacial score (nSPS) is 19.7. The van der Waals surface area contributed by atoms with Gasteiger partial charge in [-0.3, -0.25) is 0 Å². The molecule has 0 N–H and O–H groups in total. The third kappa shape index (κ3) is 2.12.